The van der Waals surface area contributed by atoms with Gasteiger partial charge in [-0.25, -0.2) is 4.79 Å². The van der Waals surface area contributed by atoms with Gasteiger partial charge in [0.1, 0.15) is 6.61 Å². The van der Waals surface area contributed by atoms with E-state index in [-0.39, 0.29) is 19.4 Å². The molecule has 0 aromatic rings. The van der Waals surface area contributed by atoms with E-state index in [4.69, 9.17) is 0 Å². The molecule has 1 aliphatic heterocycles. The highest BCUT2D eigenvalue weighted by molar-refractivity contribution is 5.71. The quantitative estimate of drug-likeness (QED) is 0.375. The molecule has 3 nitrogen and oxygen atoms in total. The molecule has 6 heavy (non-hydrogen) atoms. The fraction of sp³-hybridized carbons (Fsp3) is 0.667. The van der Waals surface area contributed by atoms with Crippen LogP contribution in [0, 0.1) is 0 Å². The Morgan fingerprint density at radius 3 is 2.67 bits per heavy atom. The molecule has 0 N–H and O–H groups in total. The summed E-state index contributed by atoms with van der Waals surface area (Å²) in [5.41, 5.74) is 0. The first-order chi connectivity index (χ1) is 2.89. The Morgan fingerprint density at radius 1 is 1.67 bits per heavy atom. The number of esters is 1. The molecule has 1 rings (SSSR count). The number of hydrogen-bond acceptors (Lipinski definition) is 3. The normalized spacial score (nSPS) is 21.0. The molecule has 0 aromatic carbocycles. The Morgan fingerprint density at radius 2 is 2.50 bits per heavy atom. The first kappa shape index (κ1) is 3.61. The molecule has 0 radical (unpaired) electrons. The minimum Gasteiger partial charge on any atom is -0.437 e. The molecule has 0 aliphatic carbocycles. The smallest absolute Gasteiger partial charge is 0.334 e. The van der Waals surface area contributed by atoms with Crippen LogP contribution in [0.4, 0.5) is 0 Å². The van der Waals surface area contributed by atoms with Crippen molar-refractivity contribution in [3.63, 3.8) is 0 Å². The second-order valence-corrected chi connectivity index (χ2v) is 0.983. The van der Waals surface area contributed by atoms with Crippen LogP contribution in [-0.2, 0) is 14.3 Å². The maximum absolute atomic E-state index is 9.90. The van der Waals surface area contributed by atoms with Gasteiger partial charge in [0.05, 0.1) is 0 Å². The molecule has 1 saturated heterocycles. The lowest BCUT2D eigenvalue weighted by Crippen LogP contribution is -1.94. The van der Waals surface area contributed by atoms with Crippen LogP contribution in [0.5, 0.6) is 0 Å². The lowest BCUT2D eigenvalue weighted by Gasteiger charge is -1.78. The zero-order chi connectivity index (χ0) is 4.41. The molecule has 34 valence electrons. The summed E-state index contributed by atoms with van der Waals surface area (Å²) in [6, 6.07) is 0. The van der Waals surface area contributed by atoms with Gasteiger partial charge in [0, 0.05) is 0 Å². The fourth-order valence-electron chi connectivity index (χ4n) is 0.274. The molecule has 1 fully saturated rings. The largest absolute Gasteiger partial charge is 0.437 e. The zero-order valence-corrected chi connectivity index (χ0v) is 3.14. The molecule has 1 heterocycles. The highest BCUT2D eigenvalue weighted by Crippen LogP contribution is 1.89. The highest BCUT2D eigenvalue weighted by atomic mass is 16.7. The van der Waals surface area contributed by atoms with Crippen molar-refractivity contribution in [3.05, 3.63) is 0 Å². The summed E-state index contributed by atoms with van der Waals surface area (Å²) in [6.07, 6.45) is 0. The molecule has 0 amide bonds. The van der Waals surface area contributed by atoms with Gasteiger partial charge in [-0.2, -0.15) is 0 Å². The molecule has 0 unspecified atom stereocenters. The summed E-state index contributed by atoms with van der Waals surface area (Å²) in [4.78, 5) is 9.90. The first-order valence-electron chi connectivity index (χ1n) is 1.63. The predicted molar refractivity (Wildman–Crippen MR) is 16.9 cm³/mol. The van der Waals surface area contributed by atoms with Crippen LogP contribution in [0.2, 0.25) is 0 Å². The number of hydrogen-bond donors (Lipinski definition) is 0. The lowest BCUT2D eigenvalue weighted by atomic mass is 10.8. The second-order valence-electron chi connectivity index (χ2n) is 0.983. The van der Waals surface area contributed by atoms with Crippen molar-refractivity contribution in [2.75, 3.05) is 13.4 Å². The standard InChI is InChI=1S/C3H4O3/c4-3-1-5-2-6-3/h1-2H2. The Hall–Kier alpha value is -0.570. The average molecular weight is 88.1 g/mol. The van der Waals surface area contributed by atoms with Crippen LogP contribution in [0.1, 0.15) is 0 Å². The maximum atomic E-state index is 9.90. The van der Waals surface area contributed by atoms with Crippen LogP contribution in [-0.4, -0.2) is 19.4 Å². The number of carbonyl (C=O) groups excluding carboxylic acids is 1. The van der Waals surface area contributed by atoms with E-state index in [1.165, 1.54) is 0 Å². The van der Waals surface area contributed by atoms with Gasteiger partial charge < -0.3 is 9.47 Å². The van der Waals surface area contributed by atoms with Crippen molar-refractivity contribution >= 4 is 5.97 Å². The molecule has 0 saturated carbocycles. The topological polar surface area (TPSA) is 35.5 Å². The fourth-order valence-corrected chi connectivity index (χ4v) is 0.274. The molecule has 0 bridgehead atoms. The Labute approximate surface area is 34.9 Å². The van der Waals surface area contributed by atoms with Crippen LogP contribution in [0.25, 0.3) is 0 Å². The van der Waals surface area contributed by atoms with Crippen molar-refractivity contribution in [2.24, 2.45) is 0 Å². The maximum Gasteiger partial charge on any atom is 0.334 e. The van der Waals surface area contributed by atoms with Crippen LogP contribution >= 0.6 is 0 Å². The van der Waals surface area contributed by atoms with Crippen LogP contribution < -0.4 is 0 Å². The SMILES string of the molecule is O=C1COCO1. The van der Waals surface area contributed by atoms with Gasteiger partial charge in [-0.3, -0.25) is 0 Å². The number of rotatable bonds is 0. The minimum absolute atomic E-state index is 0.125. The molecule has 3 heteroatoms. The number of carbonyl (C=O) groups is 1. The summed E-state index contributed by atoms with van der Waals surface area (Å²) in [5, 5.41) is 0. The Balaban J connectivity index is 2.37. The molecular weight excluding hydrogens is 84.0 g/mol. The molecule has 0 atom stereocenters. The second kappa shape index (κ2) is 1.26. The number of ether oxygens (including phenoxy) is 2. The Kier molecular flexibility index (Phi) is 0.759. The van der Waals surface area contributed by atoms with Crippen molar-refractivity contribution in [1.29, 1.82) is 0 Å². The van der Waals surface area contributed by atoms with Gasteiger partial charge in [-0.15, -0.1) is 0 Å². The van der Waals surface area contributed by atoms with Gasteiger partial charge in [-0.05, 0) is 0 Å². The van der Waals surface area contributed by atoms with Gasteiger partial charge in [0.2, 0.25) is 0 Å². The summed E-state index contributed by atoms with van der Waals surface area (Å²) in [6.45, 7) is 0.263. The summed E-state index contributed by atoms with van der Waals surface area (Å²) in [5.74, 6) is -0.269. The van der Waals surface area contributed by atoms with Gasteiger partial charge >= 0.3 is 5.97 Å². The zero-order valence-electron chi connectivity index (χ0n) is 3.14. The van der Waals surface area contributed by atoms with Crippen molar-refractivity contribution < 1.29 is 14.3 Å². The lowest BCUT2D eigenvalue weighted by molar-refractivity contribution is -0.137. The molecule has 1 aliphatic rings. The van der Waals surface area contributed by atoms with E-state index in [2.05, 4.69) is 9.47 Å². The van der Waals surface area contributed by atoms with E-state index < -0.39 is 0 Å². The van der Waals surface area contributed by atoms with Gasteiger partial charge in [-0.1, -0.05) is 0 Å². The van der Waals surface area contributed by atoms with E-state index >= 15 is 0 Å². The Bertz CT molecular complexity index is 60.4. The van der Waals surface area contributed by atoms with E-state index in [1.54, 1.807) is 0 Å². The van der Waals surface area contributed by atoms with Crippen molar-refractivity contribution in [3.8, 4) is 0 Å². The van der Waals surface area contributed by atoms with E-state index in [9.17, 15) is 4.79 Å². The van der Waals surface area contributed by atoms with E-state index in [1.807, 2.05) is 0 Å². The summed E-state index contributed by atoms with van der Waals surface area (Å²) in [7, 11) is 0. The monoisotopic (exact) mass is 88.0 g/mol. The first-order valence-corrected chi connectivity index (χ1v) is 1.63. The third-order valence-electron chi connectivity index (χ3n) is 0.523. The van der Waals surface area contributed by atoms with Crippen molar-refractivity contribution in [1.82, 2.24) is 0 Å². The summed E-state index contributed by atoms with van der Waals surface area (Å²) < 4.78 is 8.78. The van der Waals surface area contributed by atoms with E-state index in [0.29, 0.717) is 0 Å². The van der Waals surface area contributed by atoms with Gasteiger partial charge in [0.15, 0.2) is 6.79 Å². The van der Waals surface area contributed by atoms with Crippen LogP contribution in [0.15, 0.2) is 0 Å². The third kappa shape index (κ3) is 0.490. The molecular formula is C3H4O3. The predicted octanol–water partition coefficient (Wildman–Crippen LogP) is -0.483. The number of cyclic esters (lactones) is 1. The van der Waals surface area contributed by atoms with E-state index in [0.717, 1.165) is 0 Å². The minimum atomic E-state index is -0.269. The van der Waals surface area contributed by atoms with Crippen LogP contribution in [0.3, 0.4) is 0 Å². The molecule has 0 spiro atoms. The third-order valence-corrected chi connectivity index (χ3v) is 0.523. The summed E-state index contributed by atoms with van der Waals surface area (Å²) >= 11 is 0. The average Bonchev–Trinajstić information content (AvgIpc) is 1.86. The van der Waals surface area contributed by atoms with Gasteiger partial charge in [0.25, 0.3) is 0 Å². The highest BCUT2D eigenvalue weighted by Gasteiger charge is 2.08. The van der Waals surface area contributed by atoms with Crippen molar-refractivity contribution in [2.45, 2.75) is 0 Å². The molecule has 0 aromatic heterocycles.